The summed E-state index contributed by atoms with van der Waals surface area (Å²) in [5, 5.41) is 5.11. The Hall–Kier alpha value is -3.62. The molecule has 0 N–H and O–H groups in total. The number of hydrogen-bond acceptors (Lipinski definition) is 4. The Morgan fingerprint density at radius 2 is 1.53 bits per heavy atom. The highest BCUT2D eigenvalue weighted by atomic mass is 35.5. The Bertz CT molecular complexity index is 1290. The van der Waals surface area contributed by atoms with Crippen LogP contribution in [0.15, 0.2) is 70.9 Å². The van der Waals surface area contributed by atoms with Gasteiger partial charge < -0.3 is 0 Å². The maximum atomic E-state index is 12.0. The van der Waals surface area contributed by atoms with Crippen molar-refractivity contribution in [3.8, 4) is 23.7 Å². The number of amidine groups is 1. The van der Waals surface area contributed by atoms with Crippen LogP contribution in [0.4, 0.5) is 26.3 Å². The van der Waals surface area contributed by atoms with Crippen molar-refractivity contribution in [2.45, 2.75) is 12.4 Å². The van der Waals surface area contributed by atoms with Crippen LogP contribution in [0.25, 0.3) is 17.6 Å². The van der Waals surface area contributed by atoms with Crippen LogP contribution < -0.4 is 0 Å². The van der Waals surface area contributed by atoms with Gasteiger partial charge in [-0.3, -0.25) is 4.99 Å². The van der Waals surface area contributed by atoms with Crippen LogP contribution >= 0.6 is 23.2 Å². The maximum Gasteiger partial charge on any atom is 0.457 e. The van der Waals surface area contributed by atoms with E-state index in [1.54, 1.807) is 30.5 Å². The second kappa shape index (κ2) is 12.9. The smallest absolute Gasteiger partial charge is 0.260 e. The van der Waals surface area contributed by atoms with Gasteiger partial charge >= 0.3 is 12.4 Å². The van der Waals surface area contributed by atoms with Gasteiger partial charge in [-0.15, -0.1) is 11.5 Å². The molecule has 36 heavy (non-hydrogen) atoms. The van der Waals surface area contributed by atoms with Gasteiger partial charge in [-0.05, 0) is 24.3 Å². The van der Waals surface area contributed by atoms with Gasteiger partial charge in [0.2, 0.25) is 0 Å². The number of rotatable bonds is 3. The van der Waals surface area contributed by atoms with E-state index < -0.39 is 12.4 Å². The fourth-order valence-electron chi connectivity index (χ4n) is 2.36. The predicted molar refractivity (Wildman–Crippen MR) is 128 cm³/mol. The lowest BCUT2D eigenvalue weighted by Crippen LogP contribution is -2.01. The summed E-state index contributed by atoms with van der Waals surface area (Å²) in [4.78, 5) is 12.2. The van der Waals surface area contributed by atoms with Crippen LogP contribution in [0.1, 0.15) is 5.56 Å². The molecule has 0 saturated heterocycles. The van der Waals surface area contributed by atoms with E-state index in [1.807, 2.05) is 24.3 Å². The van der Waals surface area contributed by atoms with E-state index in [2.05, 4.69) is 26.5 Å². The first kappa shape index (κ1) is 28.6. The number of hydrogen-bond donors (Lipinski definition) is 0. The molecular formula is C23H15Cl2F6N5. The number of allylic oxidation sites excluding steroid dienone is 1. The zero-order chi connectivity index (χ0) is 26.8. The minimum absolute atomic E-state index is 0.0867. The summed E-state index contributed by atoms with van der Waals surface area (Å²) in [5.74, 6) is 1.69. The SMILES string of the molecule is C#CC(F)(F)F.Clc1cccc(C2=NCC=N2)c1.FC(F)(F)/C=C\n1cnc(-c2cccc(Cl)c2)n1. The van der Waals surface area contributed by atoms with E-state index >= 15 is 0 Å². The molecule has 3 aromatic rings. The van der Waals surface area contributed by atoms with Crippen molar-refractivity contribution in [1.29, 1.82) is 0 Å². The highest BCUT2D eigenvalue weighted by Crippen LogP contribution is 2.20. The van der Waals surface area contributed by atoms with Crippen molar-refractivity contribution in [3.63, 3.8) is 0 Å². The lowest BCUT2D eigenvalue weighted by Gasteiger charge is -1.97. The van der Waals surface area contributed by atoms with Crippen LogP contribution in [0.5, 0.6) is 0 Å². The van der Waals surface area contributed by atoms with Gasteiger partial charge in [0, 0.05) is 45.6 Å². The predicted octanol–water partition coefficient (Wildman–Crippen LogP) is 6.98. The minimum Gasteiger partial charge on any atom is -0.260 e. The van der Waals surface area contributed by atoms with Crippen molar-refractivity contribution < 1.29 is 26.3 Å². The quantitative estimate of drug-likeness (QED) is 0.263. The summed E-state index contributed by atoms with van der Waals surface area (Å²) in [6.07, 6.45) is -1.01. The number of halogens is 8. The largest absolute Gasteiger partial charge is 0.457 e. The van der Waals surface area contributed by atoms with Gasteiger partial charge in [-0.2, -0.15) is 26.3 Å². The molecule has 0 atom stereocenters. The van der Waals surface area contributed by atoms with Crippen molar-refractivity contribution in [2.75, 3.05) is 6.54 Å². The van der Waals surface area contributed by atoms with Crippen LogP contribution in [-0.2, 0) is 0 Å². The van der Waals surface area contributed by atoms with Crippen molar-refractivity contribution in [1.82, 2.24) is 14.8 Å². The third-order valence-corrected chi connectivity index (χ3v) is 4.26. The Morgan fingerprint density at radius 1 is 0.944 bits per heavy atom. The number of aromatic nitrogens is 3. The molecule has 0 bridgehead atoms. The molecule has 0 unspecified atom stereocenters. The third kappa shape index (κ3) is 10.8. The summed E-state index contributed by atoms with van der Waals surface area (Å²) in [7, 11) is 0. The highest BCUT2D eigenvalue weighted by molar-refractivity contribution is 6.31. The molecular weight excluding hydrogens is 531 g/mol. The zero-order valence-electron chi connectivity index (χ0n) is 18.0. The number of benzene rings is 2. The van der Waals surface area contributed by atoms with Crippen molar-refractivity contribution in [2.24, 2.45) is 9.98 Å². The number of nitrogens with zero attached hydrogens (tertiary/aromatic N) is 5. The molecule has 188 valence electrons. The van der Waals surface area contributed by atoms with Crippen molar-refractivity contribution in [3.05, 3.63) is 76.5 Å². The average Bonchev–Trinajstić information content (AvgIpc) is 3.50. The summed E-state index contributed by atoms with van der Waals surface area (Å²) in [6, 6.07) is 14.3. The average molecular weight is 546 g/mol. The second-order valence-corrected chi connectivity index (χ2v) is 7.42. The fourth-order valence-corrected chi connectivity index (χ4v) is 2.74. The topological polar surface area (TPSA) is 55.4 Å². The molecule has 1 aromatic heterocycles. The molecule has 0 spiro atoms. The van der Waals surface area contributed by atoms with E-state index in [0.717, 1.165) is 27.3 Å². The summed E-state index contributed by atoms with van der Waals surface area (Å²) < 4.78 is 68.5. The van der Waals surface area contributed by atoms with Gasteiger partial charge in [0.1, 0.15) is 6.33 Å². The molecule has 0 fully saturated rings. The summed E-state index contributed by atoms with van der Waals surface area (Å²) >= 11 is 11.6. The molecule has 0 amide bonds. The standard InChI is InChI=1S/C11H7ClF3N3.C9H7ClN2.C3HF3/c12-9-3-1-2-8(6-9)10-16-7-18(17-10)5-4-11(13,14)15;10-8-3-1-2-7(6-8)9-11-4-5-12-9;1-2-3(4,5)6/h1-7H;1-4,6H,5H2;1H/b5-4-;;. The molecule has 4 rings (SSSR count). The van der Waals surface area contributed by atoms with E-state index in [-0.39, 0.29) is 6.08 Å². The van der Waals surface area contributed by atoms with E-state index in [1.165, 1.54) is 6.33 Å². The molecule has 0 aliphatic carbocycles. The fraction of sp³-hybridized carbons (Fsp3) is 0.130. The van der Waals surface area contributed by atoms with E-state index in [0.29, 0.717) is 28.9 Å². The highest BCUT2D eigenvalue weighted by Gasteiger charge is 2.22. The van der Waals surface area contributed by atoms with Crippen molar-refractivity contribution >= 4 is 41.5 Å². The van der Waals surface area contributed by atoms with Gasteiger partial charge in [0.15, 0.2) is 11.7 Å². The molecule has 1 aliphatic rings. The Labute approximate surface area is 211 Å². The first-order chi connectivity index (χ1) is 16.9. The number of terminal acetylenes is 1. The maximum absolute atomic E-state index is 12.0. The minimum atomic E-state index is -4.43. The number of alkyl halides is 6. The zero-order valence-corrected chi connectivity index (χ0v) is 19.5. The molecule has 0 radical (unpaired) electrons. The van der Waals surface area contributed by atoms with Gasteiger partial charge in [0.05, 0.1) is 6.54 Å². The molecule has 13 heteroatoms. The lowest BCUT2D eigenvalue weighted by atomic mass is 10.2. The lowest BCUT2D eigenvalue weighted by molar-refractivity contribution is -0.0793. The summed E-state index contributed by atoms with van der Waals surface area (Å²) in [6.45, 7) is 0.682. The van der Waals surface area contributed by atoms with Gasteiger partial charge in [0.25, 0.3) is 0 Å². The Balaban J connectivity index is 0.000000218. The van der Waals surface area contributed by atoms with Gasteiger partial charge in [-0.1, -0.05) is 47.5 Å². The van der Waals surface area contributed by atoms with Gasteiger partial charge in [-0.25, -0.2) is 14.7 Å². The van der Waals surface area contributed by atoms with Crippen LogP contribution in [-0.4, -0.2) is 45.7 Å². The molecule has 2 heterocycles. The Morgan fingerprint density at radius 3 is 2.03 bits per heavy atom. The molecule has 1 aliphatic heterocycles. The molecule has 2 aromatic carbocycles. The third-order valence-electron chi connectivity index (χ3n) is 3.79. The summed E-state index contributed by atoms with van der Waals surface area (Å²) in [5.41, 5.74) is 1.62. The van der Waals surface area contributed by atoms with Crippen LogP contribution in [0.2, 0.25) is 10.0 Å². The Kier molecular flexibility index (Phi) is 10.3. The van der Waals surface area contributed by atoms with E-state index in [4.69, 9.17) is 23.2 Å². The normalized spacial score (nSPS) is 12.8. The number of aliphatic imine (C=N–C) groups is 2. The molecule has 0 saturated carbocycles. The monoisotopic (exact) mass is 545 g/mol. The second-order valence-electron chi connectivity index (χ2n) is 6.54. The first-order valence-electron chi connectivity index (χ1n) is 9.67. The van der Waals surface area contributed by atoms with Crippen LogP contribution in [0, 0.1) is 12.3 Å². The molecule has 5 nitrogen and oxygen atoms in total. The van der Waals surface area contributed by atoms with E-state index in [9.17, 15) is 26.3 Å². The van der Waals surface area contributed by atoms with Crippen LogP contribution in [0.3, 0.4) is 0 Å². The first-order valence-corrected chi connectivity index (χ1v) is 10.4.